The van der Waals surface area contributed by atoms with E-state index in [9.17, 15) is 18.0 Å². The highest BCUT2D eigenvalue weighted by Gasteiger charge is 2.38. The number of rotatable bonds is 9. The number of hydrogen-bond donors (Lipinski definition) is 4. The van der Waals surface area contributed by atoms with Crippen molar-refractivity contribution in [2.45, 2.75) is 44.6 Å². The van der Waals surface area contributed by atoms with Gasteiger partial charge in [0.15, 0.2) is 16.6 Å². The molecular weight excluding hydrogens is 701 g/mol. The molecule has 0 saturated carbocycles. The van der Waals surface area contributed by atoms with Crippen LogP contribution in [0.1, 0.15) is 39.3 Å². The number of aromatic nitrogens is 4. The third kappa shape index (κ3) is 8.96. The smallest absolute Gasteiger partial charge is 0.490 e. The van der Waals surface area contributed by atoms with Crippen molar-refractivity contribution in [3.05, 3.63) is 82.5 Å². The molecular formula is C35H37F3N8O5S. The van der Waals surface area contributed by atoms with Gasteiger partial charge in [-0.2, -0.15) is 18.3 Å². The summed E-state index contributed by atoms with van der Waals surface area (Å²) in [6.07, 6.45) is -0.281. The minimum Gasteiger partial charge on any atom is -0.497 e. The molecule has 13 nitrogen and oxygen atoms in total. The summed E-state index contributed by atoms with van der Waals surface area (Å²) in [4.78, 5) is 34.8. The number of carboxylic acids is 1. The Labute approximate surface area is 300 Å². The first kappa shape index (κ1) is 36.5. The SMILES string of the molecule is COc1ccc(Cn2nc(N[C@@H]3CCCNC3)c3c(Oc4ccc(C(=O)Nc5nc6c(s5)CN(C)CC6)cc4)ccnc32)cc1.O=C(O)C(F)(F)F. The third-order valence-electron chi connectivity index (χ3n) is 8.45. The molecule has 274 valence electrons. The van der Waals surface area contributed by atoms with E-state index in [1.54, 1.807) is 36.8 Å². The lowest BCUT2D eigenvalue weighted by molar-refractivity contribution is -0.192. The molecule has 1 fully saturated rings. The van der Waals surface area contributed by atoms with Crippen molar-refractivity contribution >= 4 is 45.2 Å². The molecule has 5 aromatic rings. The van der Waals surface area contributed by atoms with Gasteiger partial charge in [-0.05, 0) is 68.4 Å². The fraction of sp³-hybridized carbons (Fsp3) is 0.343. The Hall–Kier alpha value is -5.26. The van der Waals surface area contributed by atoms with Gasteiger partial charge < -0.3 is 30.1 Å². The molecule has 3 aromatic heterocycles. The van der Waals surface area contributed by atoms with Gasteiger partial charge in [-0.1, -0.05) is 12.1 Å². The normalized spacial score (nSPS) is 16.0. The Bertz CT molecular complexity index is 2010. The Balaban J connectivity index is 0.000000604. The van der Waals surface area contributed by atoms with Crippen LogP contribution in [0.2, 0.25) is 0 Å². The predicted octanol–water partition coefficient (Wildman–Crippen LogP) is 5.77. The van der Waals surface area contributed by atoms with E-state index in [1.807, 2.05) is 47.1 Å². The summed E-state index contributed by atoms with van der Waals surface area (Å²) in [5, 5.41) is 23.6. The second-order valence-corrected chi connectivity index (χ2v) is 13.4. The quantitative estimate of drug-likeness (QED) is 0.146. The van der Waals surface area contributed by atoms with Crippen molar-refractivity contribution in [1.29, 1.82) is 0 Å². The monoisotopic (exact) mass is 738 g/mol. The number of carbonyl (C=O) groups is 2. The summed E-state index contributed by atoms with van der Waals surface area (Å²) in [5.74, 6) is -0.151. The van der Waals surface area contributed by atoms with E-state index in [1.165, 1.54) is 4.88 Å². The van der Waals surface area contributed by atoms with Gasteiger partial charge in [-0.15, -0.1) is 11.3 Å². The molecule has 0 aliphatic carbocycles. The van der Waals surface area contributed by atoms with E-state index in [0.717, 1.165) is 79.3 Å². The lowest BCUT2D eigenvalue weighted by Gasteiger charge is -2.23. The zero-order valence-electron chi connectivity index (χ0n) is 28.4. The van der Waals surface area contributed by atoms with Gasteiger partial charge in [0, 0.05) is 54.8 Å². The van der Waals surface area contributed by atoms with E-state index in [-0.39, 0.29) is 11.9 Å². The highest BCUT2D eigenvalue weighted by molar-refractivity contribution is 7.15. The minimum absolute atomic E-state index is 0.195. The van der Waals surface area contributed by atoms with Gasteiger partial charge in [0.2, 0.25) is 0 Å². The number of thiazole rings is 1. The first-order chi connectivity index (χ1) is 25.0. The maximum Gasteiger partial charge on any atom is 0.490 e. The number of nitrogens with zero attached hydrogens (tertiary/aromatic N) is 5. The average Bonchev–Trinajstić information content (AvgIpc) is 3.69. The Morgan fingerprint density at radius 2 is 1.83 bits per heavy atom. The number of aliphatic carboxylic acids is 1. The predicted molar refractivity (Wildman–Crippen MR) is 189 cm³/mol. The standard InChI is InChI=1S/C33H36N8O3S.C2HF3O2/c1-40-17-14-26-28(20-40)45-33(37-26)38-32(42)22-7-11-25(12-8-22)44-27-13-16-35-31-29(27)30(36-23-4-3-15-34-18-23)39-41(31)19-21-5-9-24(43-2)10-6-21;3-2(4,5)1(6)7/h5-13,16,23,34H,3-4,14-15,17-20H2,1-2H3,(H,36,39)(H,37,38,42);(H,6,7)/t23-;/m1./s1. The molecule has 1 atom stereocenters. The molecule has 0 radical (unpaired) electrons. The van der Waals surface area contributed by atoms with E-state index in [0.29, 0.717) is 28.7 Å². The van der Waals surface area contributed by atoms with Crippen LogP contribution in [-0.2, 0) is 24.3 Å². The number of hydrogen-bond acceptors (Lipinski definition) is 11. The minimum atomic E-state index is -5.08. The van der Waals surface area contributed by atoms with E-state index >= 15 is 0 Å². The highest BCUT2D eigenvalue weighted by Crippen LogP contribution is 2.35. The van der Waals surface area contributed by atoms with Crippen molar-refractivity contribution in [3.63, 3.8) is 0 Å². The van der Waals surface area contributed by atoms with Gasteiger partial charge in [0.25, 0.3) is 5.91 Å². The molecule has 52 heavy (non-hydrogen) atoms. The van der Waals surface area contributed by atoms with Crippen LogP contribution >= 0.6 is 11.3 Å². The molecule has 0 bridgehead atoms. The number of benzene rings is 2. The summed E-state index contributed by atoms with van der Waals surface area (Å²) >= 11 is 1.55. The molecule has 4 N–H and O–H groups in total. The molecule has 5 heterocycles. The second-order valence-electron chi connectivity index (χ2n) is 12.3. The molecule has 2 aliphatic rings. The fourth-order valence-corrected chi connectivity index (χ4v) is 6.87. The molecule has 0 spiro atoms. The zero-order chi connectivity index (χ0) is 36.8. The molecule has 17 heteroatoms. The van der Waals surface area contributed by atoms with E-state index in [4.69, 9.17) is 29.5 Å². The fourth-order valence-electron chi connectivity index (χ4n) is 5.79. The third-order valence-corrected chi connectivity index (χ3v) is 9.45. The lowest BCUT2D eigenvalue weighted by atomic mass is 10.1. The molecule has 1 amide bonds. The summed E-state index contributed by atoms with van der Waals surface area (Å²) < 4.78 is 45.4. The Kier molecular flexibility index (Phi) is 11.2. The maximum atomic E-state index is 13.0. The topological polar surface area (TPSA) is 156 Å². The Morgan fingerprint density at radius 3 is 2.50 bits per heavy atom. The van der Waals surface area contributed by atoms with Crippen LogP contribution in [0.15, 0.2) is 60.8 Å². The van der Waals surface area contributed by atoms with E-state index in [2.05, 4.69) is 32.9 Å². The molecule has 2 aliphatic heterocycles. The van der Waals surface area contributed by atoms with Crippen molar-refractivity contribution in [3.8, 4) is 17.2 Å². The number of halogens is 3. The number of piperidine rings is 1. The van der Waals surface area contributed by atoms with E-state index < -0.39 is 12.1 Å². The van der Waals surface area contributed by atoms with Crippen molar-refractivity contribution < 1.29 is 37.3 Å². The first-order valence-electron chi connectivity index (χ1n) is 16.5. The number of pyridine rings is 1. The van der Waals surface area contributed by atoms with Crippen molar-refractivity contribution in [2.24, 2.45) is 0 Å². The summed E-state index contributed by atoms with van der Waals surface area (Å²) in [6, 6.07) is 17.2. The molecule has 1 saturated heterocycles. The van der Waals surface area contributed by atoms with Crippen LogP contribution in [0.4, 0.5) is 24.1 Å². The van der Waals surface area contributed by atoms with Crippen LogP contribution in [0, 0.1) is 0 Å². The first-order valence-corrected chi connectivity index (χ1v) is 17.3. The number of anilines is 2. The van der Waals surface area contributed by atoms with Crippen LogP contribution in [-0.4, -0.2) is 87.6 Å². The number of methoxy groups -OCH3 is 1. The maximum absolute atomic E-state index is 13.0. The summed E-state index contributed by atoms with van der Waals surface area (Å²) in [5.41, 5.74) is 3.43. The number of carbonyl (C=O) groups excluding carboxylic acids is 1. The van der Waals surface area contributed by atoms with Gasteiger partial charge in [-0.3, -0.25) is 10.1 Å². The number of nitrogens with one attached hydrogen (secondary N) is 3. The highest BCUT2D eigenvalue weighted by atomic mass is 32.1. The number of ether oxygens (including phenoxy) is 2. The average molecular weight is 739 g/mol. The van der Waals surface area contributed by atoms with Crippen LogP contribution < -0.4 is 25.4 Å². The number of likely N-dealkylation sites (N-methyl/N-ethyl adjacent to an activating group) is 1. The van der Waals surface area contributed by atoms with Crippen molar-refractivity contribution in [1.82, 2.24) is 30.0 Å². The van der Waals surface area contributed by atoms with Gasteiger partial charge >= 0.3 is 12.1 Å². The van der Waals surface area contributed by atoms with Gasteiger partial charge in [0.1, 0.15) is 22.6 Å². The van der Waals surface area contributed by atoms with Crippen LogP contribution in [0.5, 0.6) is 17.2 Å². The zero-order valence-corrected chi connectivity index (χ0v) is 29.2. The lowest BCUT2D eigenvalue weighted by Crippen LogP contribution is -2.38. The van der Waals surface area contributed by atoms with Gasteiger partial charge in [0.05, 0.1) is 19.3 Å². The van der Waals surface area contributed by atoms with Gasteiger partial charge in [-0.25, -0.2) is 19.4 Å². The number of alkyl halides is 3. The number of amides is 1. The summed E-state index contributed by atoms with van der Waals surface area (Å²) in [6.45, 7) is 4.29. The number of fused-ring (bicyclic) bond motifs is 2. The largest absolute Gasteiger partial charge is 0.497 e. The molecule has 2 aromatic carbocycles. The van der Waals surface area contributed by atoms with Crippen LogP contribution in [0.3, 0.4) is 0 Å². The number of carboxylic acid groups (broad SMARTS) is 1. The van der Waals surface area contributed by atoms with Crippen LogP contribution in [0.25, 0.3) is 11.0 Å². The molecule has 7 rings (SSSR count). The second kappa shape index (κ2) is 16.0. The summed E-state index contributed by atoms with van der Waals surface area (Å²) in [7, 11) is 3.76. The Morgan fingerprint density at radius 1 is 1.10 bits per heavy atom. The van der Waals surface area contributed by atoms with Crippen molar-refractivity contribution in [2.75, 3.05) is 44.4 Å². The molecule has 0 unspecified atom stereocenters.